The first kappa shape index (κ1) is 28.7. The molecule has 2 rings (SSSR count). The predicted octanol–water partition coefficient (Wildman–Crippen LogP) is 5.35. The number of hydrogen-bond acceptors (Lipinski definition) is 4. The summed E-state index contributed by atoms with van der Waals surface area (Å²) in [6, 6.07) is 7.67. The van der Waals surface area contributed by atoms with Gasteiger partial charge in [-0.2, -0.15) is 0 Å². The Balaban J connectivity index is 2.41. The van der Waals surface area contributed by atoms with Crippen LogP contribution in [0.3, 0.4) is 0 Å². The first-order valence-corrected chi connectivity index (χ1v) is 13.1. The fourth-order valence-corrected chi connectivity index (χ4v) is 4.56. The minimum absolute atomic E-state index is 0.122. The largest absolute Gasteiger partial charge is 0.444 e. The van der Waals surface area contributed by atoms with Crippen LogP contribution in [0.4, 0.5) is 4.79 Å². The van der Waals surface area contributed by atoms with Crippen molar-refractivity contribution in [2.24, 2.45) is 5.92 Å². The zero-order chi connectivity index (χ0) is 26.2. The molecular formula is C28H45N3O4. The minimum atomic E-state index is -0.814. The Hall–Kier alpha value is -2.57. The average molecular weight is 488 g/mol. The zero-order valence-corrected chi connectivity index (χ0v) is 22.6. The Labute approximate surface area is 211 Å². The maximum atomic E-state index is 14.1. The van der Waals surface area contributed by atoms with Gasteiger partial charge in [0.15, 0.2) is 0 Å². The Morgan fingerprint density at radius 2 is 1.63 bits per heavy atom. The van der Waals surface area contributed by atoms with Crippen LogP contribution in [0, 0.1) is 5.92 Å². The SMILES string of the molecule is CCC(C)C(NC(=O)OC(C)(C)C)C(=O)N(C(C)C)C(C(=O)NC1CCCCC1)c1ccccc1. The third-order valence-electron chi connectivity index (χ3n) is 6.56. The van der Waals surface area contributed by atoms with Gasteiger partial charge < -0.3 is 20.3 Å². The Kier molecular flexibility index (Phi) is 10.6. The van der Waals surface area contributed by atoms with Gasteiger partial charge in [-0.15, -0.1) is 0 Å². The van der Waals surface area contributed by atoms with Crippen LogP contribution in [0.2, 0.25) is 0 Å². The van der Waals surface area contributed by atoms with Gasteiger partial charge in [-0.25, -0.2) is 4.79 Å². The van der Waals surface area contributed by atoms with Gasteiger partial charge in [-0.05, 0) is 58.9 Å². The van der Waals surface area contributed by atoms with Gasteiger partial charge in [0.05, 0.1) is 0 Å². The maximum absolute atomic E-state index is 14.1. The topological polar surface area (TPSA) is 87.7 Å². The second kappa shape index (κ2) is 12.9. The highest BCUT2D eigenvalue weighted by molar-refractivity contribution is 5.92. The monoisotopic (exact) mass is 487 g/mol. The highest BCUT2D eigenvalue weighted by atomic mass is 16.6. The van der Waals surface area contributed by atoms with E-state index >= 15 is 0 Å². The number of alkyl carbamates (subject to hydrolysis) is 1. The summed E-state index contributed by atoms with van der Waals surface area (Å²) in [4.78, 5) is 42.1. The molecule has 35 heavy (non-hydrogen) atoms. The van der Waals surface area contributed by atoms with Crippen molar-refractivity contribution in [1.82, 2.24) is 15.5 Å². The van der Waals surface area contributed by atoms with E-state index < -0.39 is 23.8 Å². The fraction of sp³-hybridized carbons (Fsp3) is 0.679. The van der Waals surface area contributed by atoms with Crippen LogP contribution < -0.4 is 10.6 Å². The maximum Gasteiger partial charge on any atom is 0.408 e. The number of nitrogens with one attached hydrogen (secondary N) is 2. The molecule has 2 N–H and O–H groups in total. The van der Waals surface area contributed by atoms with E-state index in [0.29, 0.717) is 6.42 Å². The van der Waals surface area contributed by atoms with Crippen molar-refractivity contribution in [1.29, 1.82) is 0 Å². The Morgan fingerprint density at radius 3 is 2.14 bits per heavy atom. The van der Waals surface area contributed by atoms with Crippen LogP contribution in [0.5, 0.6) is 0 Å². The van der Waals surface area contributed by atoms with E-state index in [9.17, 15) is 14.4 Å². The van der Waals surface area contributed by atoms with Crippen molar-refractivity contribution in [3.63, 3.8) is 0 Å². The molecule has 1 saturated carbocycles. The van der Waals surface area contributed by atoms with E-state index in [1.807, 2.05) is 58.0 Å². The number of carbonyl (C=O) groups excluding carboxylic acids is 3. The van der Waals surface area contributed by atoms with Crippen LogP contribution in [-0.2, 0) is 14.3 Å². The summed E-state index contributed by atoms with van der Waals surface area (Å²) in [5.74, 6) is -0.604. The van der Waals surface area contributed by atoms with Crippen LogP contribution in [0.1, 0.15) is 98.6 Å². The quantitative estimate of drug-likeness (QED) is 0.491. The number of carbonyl (C=O) groups is 3. The van der Waals surface area contributed by atoms with Gasteiger partial charge in [0, 0.05) is 12.1 Å². The molecule has 0 bridgehead atoms. The molecule has 1 aromatic rings. The van der Waals surface area contributed by atoms with E-state index in [1.54, 1.807) is 25.7 Å². The van der Waals surface area contributed by atoms with Crippen LogP contribution in [-0.4, -0.2) is 46.5 Å². The molecule has 3 amide bonds. The van der Waals surface area contributed by atoms with E-state index in [-0.39, 0.29) is 29.8 Å². The second-order valence-corrected chi connectivity index (χ2v) is 11.0. The molecule has 0 heterocycles. The average Bonchev–Trinajstić information content (AvgIpc) is 2.79. The molecule has 0 saturated heterocycles. The molecule has 1 aromatic carbocycles. The first-order chi connectivity index (χ1) is 16.4. The van der Waals surface area contributed by atoms with Gasteiger partial charge >= 0.3 is 6.09 Å². The third-order valence-corrected chi connectivity index (χ3v) is 6.56. The van der Waals surface area contributed by atoms with Gasteiger partial charge in [0.25, 0.3) is 0 Å². The van der Waals surface area contributed by atoms with Crippen LogP contribution in [0.25, 0.3) is 0 Å². The molecule has 3 atom stereocenters. The predicted molar refractivity (Wildman–Crippen MR) is 139 cm³/mol. The lowest BCUT2D eigenvalue weighted by atomic mass is 9.93. The molecule has 196 valence electrons. The number of amides is 3. The van der Waals surface area contributed by atoms with Crippen molar-refractivity contribution in [2.45, 2.75) is 117 Å². The molecule has 0 radical (unpaired) electrons. The highest BCUT2D eigenvalue weighted by Crippen LogP contribution is 2.28. The molecule has 0 spiro atoms. The molecule has 7 heteroatoms. The van der Waals surface area contributed by atoms with Crippen molar-refractivity contribution in [2.75, 3.05) is 0 Å². The van der Waals surface area contributed by atoms with E-state index in [1.165, 1.54) is 6.42 Å². The van der Waals surface area contributed by atoms with E-state index in [0.717, 1.165) is 31.2 Å². The molecule has 3 unspecified atom stereocenters. The lowest BCUT2D eigenvalue weighted by Crippen LogP contribution is -2.57. The molecule has 1 aliphatic carbocycles. The zero-order valence-electron chi connectivity index (χ0n) is 22.6. The first-order valence-electron chi connectivity index (χ1n) is 13.1. The van der Waals surface area contributed by atoms with E-state index in [2.05, 4.69) is 10.6 Å². The summed E-state index contributed by atoms with van der Waals surface area (Å²) in [6.07, 6.45) is 5.35. The molecule has 0 aliphatic heterocycles. The summed E-state index contributed by atoms with van der Waals surface area (Å²) in [6.45, 7) is 13.1. The van der Waals surface area contributed by atoms with Crippen molar-refractivity contribution < 1.29 is 19.1 Å². The third kappa shape index (κ3) is 8.55. The summed E-state index contributed by atoms with van der Waals surface area (Å²) >= 11 is 0. The Morgan fingerprint density at radius 1 is 1.03 bits per heavy atom. The number of hydrogen-bond donors (Lipinski definition) is 2. The normalized spacial score (nSPS) is 17.3. The number of ether oxygens (including phenoxy) is 1. The minimum Gasteiger partial charge on any atom is -0.444 e. The van der Waals surface area contributed by atoms with Crippen molar-refractivity contribution in [3.8, 4) is 0 Å². The van der Waals surface area contributed by atoms with Crippen molar-refractivity contribution >= 4 is 17.9 Å². The van der Waals surface area contributed by atoms with Crippen molar-refractivity contribution in [3.05, 3.63) is 35.9 Å². The molecule has 1 aliphatic rings. The second-order valence-electron chi connectivity index (χ2n) is 11.0. The summed E-state index contributed by atoms with van der Waals surface area (Å²) < 4.78 is 5.45. The molecule has 1 fully saturated rings. The lowest BCUT2D eigenvalue weighted by molar-refractivity contribution is -0.146. The standard InChI is InChI=1S/C28H45N3O4/c1-8-20(4)23(30-27(34)35-28(5,6)7)26(33)31(19(2)3)24(21-15-11-9-12-16-21)25(32)29-22-17-13-10-14-18-22/h9,11-12,15-16,19-20,22-24H,8,10,13-14,17-18H2,1-7H3,(H,29,32)(H,30,34). The number of benzene rings is 1. The van der Waals surface area contributed by atoms with Gasteiger partial charge in [0.1, 0.15) is 17.7 Å². The van der Waals surface area contributed by atoms with Crippen LogP contribution >= 0.6 is 0 Å². The van der Waals surface area contributed by atoms with E-state index in [4.69, 9.17) is 4.74 Å². The highest BCUT2D eigenvalue weighted by Gasteiger charge is 2.39. The van der Waals surface area contributed by atoms with Gasteiger partial charge in [-0.1, -0.05) is 69.9 Å². The van der Waals surface area contributed by atoms with Gasteiger partial charge in [0.2, 0.25) is 11.8 Å². The summed E-state index contributed by atoms with van der Waals surface area (Å²) in [5, 5.41) is 6.02. The molecular weight excluding hydrogens is 442 g/mol. The summed E-state index contributed by atoms with van der Waals surface area (Å²) in [7, 11) is 0. The smallest absolute Gasteiger partial charge is 0.408 e. The lowest BCUT2D eigenvalue weighted by Gasteiger charge is -2.39. The Bertz CT molecular complexity index is 828. The molecule has 7 nitrogen and oxygen atoms in total. The molecule has 0 aromatic heterocycles. The fourth-order valence-electron chi connectivity index (χ4n) is 4.56. The number of rotatable bonds is 9. The van der Waals surface area contributed by atoms with Gasteiger partial charge in [-0.3, -0.25) is 9.59 Å². The number of nitrogens with zero attached hydrogens (tertiary/aromatic N) is 1. The van der Waals surface area contributed by atoms with Crippen LogP contribution in [0.15, 0.2) is 30.3 Å². The summed E-state index contributed by atoms with van der Waals surface area (Å²) in [5.41, 5.74) is 0.0696.